The van der Waals surface area contributed by atoms with Gasteiger partial charge in [0.15, 0.2) is 11.7 Å². The van der Waals surface area contributed by atoms with Gasteiger partial charge in [-0.2, -0.15) is 0 Å². The lowest BCUT2D eigenvalue weighted by Crippen LogP contribution is -2.24. The number of ketones is 1. The van der Waals surface area contributed by atoms with E-state index < -0.39 is 12.2 Å². The van der Waals surface area contributed by atoms with Crippen LogP contribution in [0.3, 0.4) is 0 Å². The number of unbranched alkanes of at least 4 members (excludes halogenated alkanes) is 3. The summed E-state index contributed by atoms with van der Waals surface area (Å²) in [5.41, 5.74) is 1.62. The first kappa shape index (κ1) is 22.4. The number of hydroxylamine groups is 1. The van der Waals surface area contributed by atoms with E-state index in [1.54, 1.807) is 17.6 Å². The van der Waals surface area contributed by atoms with Crippen molar-refractivity contribution in [2.75, 3.05) is 11.9 Å². The third kappa shape index (κ3) is 7.26. The van der Waals surface area contributed by atoms with Crippen LogP contribution in [0.4, 0.5) is 5.88 Å². The SMILES string of the molecule is O=C(CCC1C(O)CC(O)C1CCCCCCC(=O)NO)CNc1ccco1. The molecular weight excluding hydrogens is 364 g/mol. The molecule has 1 aliphatic carbocycles. The molecule has 0 saturated heterocycles. The fourth-order valence-electron chi connectivity index (χ4n) is 4.04. The van der Waals surface area contributed by atoms with Gasteiger partial charge in [-0.1, -0.05) is 19.3 Å². The van der Waals surface area contributed by atoms with Gasteiger partial charge >= 0.3 is 0 Å². The Hall–Kier alpha value is -1.90. The average molecular weight is 396 g/mol. The van der Waals surface area contributed by atoms with Gasteiger partial charge in [-0.15, -0.1) is 0 Å². The molecule has 158 valence electrons. The number of anilines is 1. The van der Waals surface area contributed by atoms with E-state index in [1.807, 2.05) is 0 Å². The van der Waals surface area contributed by atoms with Crippen molar-refractivity contribution in [3.63, 3.8) is 0 Å². The Morgan fingerprint density at radius 2 is 1.75 bits per heavy atom. The standard InChI is InChI=1S/C20H32N2O6/c23-14(13-21-20-8-5-11-28-20)9-10-16-15(17(24)12-18(16)25)6-3-1-2-4-7-19(26)22-27/h5,8,11,15-18,21,24-25,27H,1-4,6-7,9-10,12-13H2,(H,22,26). The minimum atomic E-state index is -0.570. The van der Waals surface area contributed by atoms with Crippen LogP contribution in [0, 0.1) is 11.8 Å². The van der Waals surface area contributed by atoms with Crippen molar-refractivity contribution in [3.8, 4) is 0 Å². The monoisotopic (exact) mass is 396 g/mol. The summed E-state index contributed by atoms with van der Waals surface area (Å²) in [5.74, 6) is 0.162. The van der Waals surface area contributed by atoms with E-state index in [1.165, 1.54) is 6.26 Å². The Bertz CT molecular complexity index is 592. The molecule has 1 aromatic rings. The predicted octanol–water partition coefficient (Wildman–Crippen LogP) is 2.24. The van der Waals surface area contributed by atoms with Gasteiger partial charge in [-0.3, -0.25) is 14.8 Å². The Kier molecular flexibility index (Phi) is 9.46. The summed E-state index contributed by atoms with van der Waals surface area (Å²) in [6.45, 7) is 0.185. The van der Waals surface area contributed by atoms with E-state index in [2.05, 4.69) is 5.32 Å². The lowest BCUT2D eigenvalue weighted by atomic mass is 9.85. The van der Waals surface area contributed by atoms with Gasteiger partial charge in [-0.25, -0.2) is 5.48 Å². The van der Waals surface area contributed by atoms with Crippen LogP contribution in [0.1, 0.15) is 57.8 Å². The molecule has 28 heavy (non-hydrogen) atoms. The van der Waals surface area contributed by atoms with Crippen LogP contribution in [-0.2, 0) is 9.59 Å². The number of aliphatic hydroxyl groups excluding tert-OH is 2. The highest BCUT2D eigenvalue weighted by Crippen LogP contribution is 2.39. The Balaban J connectivity index is 1.67. The van der Waals surface area contributed by atoms with Crippen molar-refractivity contribution in [1.29, 1.82) is 0 Å². The number of furan rings is 1. The van der Waals surface area contributed by atoms with E-state index in [-0.39, 0.29) is 30.1 Å². The number of Topliss-reactive ketones (excluding diaryl/α,β-unsaturated/α-hetero) is 1. The zero-order valence-electron chi connectivity index (χ0n) is 16.2. The van der Waals surface area contributed by atoms with Crippen molar-refractivity contribution < 1.29 is 29.4 Å². The second-order valence-electron chi connectivity index (χ2n) is 7.59. The Morgan fingerprint density at radius 1 is 1.04 bits per heavy atom. The van der Waals surface area contributed by atoms with E-state index >= 15 is 0 Å². The van der Waals surface area contributed by atoms with E-state index in [0.717, 1.165) is 25.7 Å². The first-order valence-electron chi connectivity index (χ1n) is 10.1. The molecule has 4 atom stereocenters. The molecule has 0 aromatic carbocycles. The predicted molar refractivity (Wildman–Crippen MR) is 103 cm³/mol. The summed E-state index contributed by atoms with van der Waals surface area (Å²) < 4.78 is 5.13. The van der Waals surface area contributed by atoms with Gasteiger partial charge in [0.1, 0.15) is 0 Å². The summed E-state index contributed by atoms with van der Waals surface area (Å²) in [4.78, 5) is 23.1. The van der Waals surface area contributed by atoms with Gasteiger partial charge in [-0.05, 0) is 43.6 Å². The molecule has 1 aromatic heterocycles. The molecule has 1 aliphatic rings. The van der Waals surface area contributed by atoms with Gasteiger partial charge in [0.05, 0.1) is 25.0 Å². The third-order valence-corrected chi connectivity index (χ3v) is 5.57. The molecule has 8 nitrogen and oxygen atoms in total. The zero-order valence-corrected chi connectivity index (χ0v) is 16.2. The molecule has 8 heteroatoms. The maximum absolute atomic E-state index is 12.1. The fourth-order valence-corrected chi connectivity index (χ4v) is 4.04. The van der Waals surface area contributed by atoms with Crippen LogP contribution >= 0.6 is 0 Å². The van der Waals surface area contributed by atoms with Crippen LogP contribution in [0.2, 0.25) is 0 Å². The van der Waals surface area contributed by atoms with Crippen LogP contribution in [0.25, 0.3) is 0 Å². The van der Waals surface area contributed by atoms with E-state index in [0.29, 0.717) is 38.0 Å². The highest BCUT2D eigenvalue weighted by Gasteiger charge is 2.40. The molecule has 4 unspecified atom stereocenters. The number of aliphatic hydroxyl groups is 2. The second kappa shape index (κ2) is 11.8. The van der Waals surface area contributed by atoms with Crippen LogP contribution in [-0.4, -0.2) is 45.9 Å². The summed E-state index contributed by atoms with van der Waals surface area (Å²) in [6, 6.07) is 3.49. The molecule has 0 bridgehead atoms. The van der Waals surface area contributed by atoms with Gasteiger partial charge < -0.3 is 19.9 Å². The van der Waals surface area contributed by atoms with Gasteiger partial charge in [0.2, 0.25) is 5.91 Å². The second-order valence-corrected chi connectivity index (χ2v) is 7.59. The highest BCUT2D eigenvalue weighted by molar-refractivity contribution is 5.82. The van der Waals surface area contributed by atoms with Gasteiger partial charge in [0.25, 0.3) is 0 Å². The topological polar surface area (TPSA) is 132 Å². The van der Waals surface area contributed by atoms with Crippen LogP contribution in [0.5, 0.6) is 0 Å². The number of carbonyl (C=O) groups excluding carboxylic acids is 2. The lowest BCUT2D eigenvalue weighted by molar-refractivity contribution is -0.129. The first-order valence-corrected chi connectivity index (χ1v) is 10.1. The molecule has 0 spiro atoms. The fraction of sp³-hybridized carbons (Fsp3) is 0.700. The molecular formula is C20H32N2O6. The number of rotatable bonds is 13. The zero-order chi connectivity index (χ0) is 20.4. The third-order valence-electron chi connectivity index (χ3n) is 5.57. The minimum absolute atomic E-state index is 0.00146. The molecule has 0 aliphatic heterocycles. The number of hydrogen-bond donors (Lipinski definition) is 5. The van der Waals surface area contributed by atoms with Gasteiger partial charge in [0, 0.05) is 18.9 Å². The summed E-state index contributed by atoms with van der Waals surface area (Å²) in [7, 11) is 0. The van der Waals surface area contributed by atoms with Crippen molar-refractivity contribution >= 4 is 17.6 Å². The van der Waals surface area contributed by atoms with Crippen molar-refractivity contribution in [3.05, 3.63) is 18.4 Å². The van der Waals surface area contributed by atoms with Crippen LogP contribution in [0.15, 0.2) is 22.8 Å². The number of hydrogen-bond acceptors (Lipinski definition) is 7. The van der Waals surface area contributed by atoms with Crippen molar-refractivity contribution in [2.24, 2.45) is 11.8 Å². The quantitative estimate of drug-likeness (QED) is 0.196. The number of nitrogens with one attached hydrogen (secondary N) is 2. The average Bonchev–Trinajstić information content (AvgIpc) is 3.29. The molecule has 1 saturated carbocycles. The molecule has 1 fully saturated rings. The lowest BCUT2D eigenvalue weighted by Gasteiger charge is -2.23. The molecule has 1 heterocycles. The summed E-state index contributed by atoms with van der Waals surface area (Å²) in [5, 5.41) is 31.9. The maximum Gasteiger partial charge on any atom is 0.243 e. The summed E-state index contributed by atoms with van der Waals surface area (Å²) in [6.07, 6.45) is 6.24. The molecule has 5 N–H and O–H groups in total. The van der Waals surface area contributed by atoms with Crippen LogP contribution < -0.4 is 10.8 Å². The molecule has 2 rings (SSSR count). The molecule has 1 amide bonds. The maximum atomic E-state index is 12.1. The van der Waals surface area contributed by atoms with Crippen molar-refractivity contribution in [1.82, 2.24) is 5.48 Å². The number of amides is 1. The Morgan fingerprint density at radius 3 is 2.43 bits per heavy atom. The van der Waals surface area contributed by atoms with Crippen molar-refractivity contribution in [2.45, 2.75) is 70.0 Å². The minimum Gasteiger partial charge on any atom is -0.449 e. The molecule has 0 radical (unpaired) electrons. The van der Waals surface area contributed by atoms with E-state index in [4.69, 9.17) is 9.62 Å². The largest absolute Gasteiger partial charge is 0.449 e. The first-order chi connectivity index (χ1) is 13.5. The highest BCUT2D eigenvalue weighted by atomic mass is 16.5. The normalized spacial score (nSPS) is 24.2. The smallest absolute Gasteiger partial charge is 0.243 e. The number of carbonyl (C=O) groups is 2. The van der Waals surface area contributed by atoms with E-state index in [9.17, 15) is 19.8 Å². The summed E-state index contributed by atoms with van der Waals surface area (Å²) >= 11 is 0. The Labute approximate surface area is 165 Å².